The second kappa shape index (κ2) is 4.47. The van der Waals surface area contributed by atoms with Crippen LogP contribution in [0.5, 0.6) is 0 Å². The van der Waals surface area contributed by atoms with E-state index < -0.39 is 28.1 Å². The molecule has 0 amide bonds. The van der Waals surface area contributed by atoms with Gasteiger partial charge >= 0.3 is 11.9 Å². The van der Waals surface area contributed by atoms with Gasteiger partial charge in [0.2, 0.25) is 0 Å². The van der Waals surface area contributed by atoms with Crippen molar-refractivity contribution < 1.29 is 24.4 Å². The number of methoxy groups -OCH3 is 1. The lowest BCUT2D eigenvalue weighted by Crippen LogP contribution is -2.10. The molecule has 3 N–H and O–H groups in total. The SMILES string of the molecule is COC(=O)c1cc(N)c(C(=O)O)cc1[N+](=O)[O-]. The highest BCUT2D eigenvalue weighted by Gasteiger charge is 2.25. The first kappa shape index (κ1) is 12.4. The molecule has 0 radical (unpaired) electrons. The molecule has 0 saturated carbocycles. The number of nitro groups is 1. The molecule has 0 spiro atoms. The van der Waals surface area contributed by atoms with Gasteiger partial charge in [0.1, 0.15) is 5.56 Å². The summed E-state index contributed by atoms with van der Waals surface area (Å²) in [4.78, 5) is 31.8. The lowest BCUT2D eigenvalue weighted by molar-refractivity contribution is -0.385. The van der Waals surface area contributed by atoms with Crippen LogP contribution in [0.2, 0.25) is 0 Å². The molecule has 1 aromatic rings. The van der Waals surface area contributed by atoms with E-state index in [1.807, 2.05) is 0 Å². The van der Waals surface area contributed by atoms with Crippen LogP contribution in [0, 0.1) is 10.1 Å². The molecule has 0 aliphatic rings. The highest BCUT2D eigenvalue weighted by Crippen LogP contribution is 2.26. The third-order valence-corrected chi connectivity index (χ3v) is 2.00. The lowest BCUT2D eigenvalue weighted by Gasteiger charge is -2.05. The van der Waals surface area contributed by atoms with Crippen molar-refractivity contribution in [2.45, 2.75) is 0 Å². The second-order valence-electron chi connectivity index (χ2n) is 3.01. The van der Waals surface area contributed by atoms with E-state index in [-0.39, 0.29) is 11.3 Å². The standard InChI is InChI=1S/C9H8N2O6/c1-17-9(14)5-2-6(10)4(8(12)13)3-7(5)11(15)16/h2-3H,10H2,1H3,(H,12,13). The number of carboxylic acids is 1. The van der Waals surface area contributed by atoms with Crippen molar-refractivity contribution in [3.8, 4) is 0 Å². The fraction of sp³-hybridized carbons (Fsp3) is 0.111. The predicted octanol–water partition coefficient (Wildman–Crippen LogP) is 0.662. The summed E-state index contributed by atoms with van der Waals surface area (Å²) in [6, 6.07) is 1.64. The molecule has 0 aromatic heterocycles. The number of esters is 1. The van der Waals surface area contributed by atoms with E-state index >= 15 is 0 Å². The highest BCUT2D eigenvalue weighted by atomic mass is 16.6. The molecule has 0 saturated heterocycles. The molecule has 0 unspecified atom stereocenters. The van der Waals surface area contributed by atoms with E-state index in [1.165, 1.54) is 0 Å². The van der Waals surface area contributed by atoms with Gasteiger partial charge in [0.15, 0.2) is 0 Å². The number of ether oxygens (including phenoxy) is 1. The Morgan fingerprint density at radius 2 is 2.00 bits per heavy atom. The largest absolute Gasteiger partial charge is 0.478 e. The normalized spacial score (nSPS) is 9.71. The summed E-state index contributed by atoms with van der Waals surface area (Å²) in [7, 11) is 1.05. The summed E-state index contributed by atoms with van der Waals surface area (Å²) in [6.45, 7) is 0. The van der Waals surface area contributed by atoms with Gasteiger partial charge < -0.3 is 15.6 Å². The number of carbonyl (C=O) groups is 2. The fourth-order valence-electron chi connectivity index (χ4n) is 1.21. The minimum absolute atomic E-state index is 0.247. The van der Waals surface area contributed by atoms with Crippen molar-refractivity contribution in [3.05, 3.63) is 33.4 Å². The van der Waals surface area contributed by atoms with Crippen LogP contribution in [-0.4, -0.2) is 29.1 Å². The Kier molecular flexibility index (Phi) is 3.27. The van der Waals surface area contributed by atoms with E-state index in [2.05, 4.69) is 4.74 Å². The maximum absolute atomic E-state index is 11.2. The van der Waals surface area contributed by atoms with Gasteiger partial charge in [-0.05, 0) is 6.07 Å². The van der Waals surface area contributed by atoms with E-state index in [4.69, 9.17) is 10.8 Å². The van der Waals surface area contributed by atoms with Gasteiger partial charge in [-0.15, -0.1) is 0 Å². The molecule has 90 valence electrons. The first-order valence-electron chi connectivity index (χ1n) is 4.28. The van der Waals surface area contributed by atoms with Crippen LogP contribution >= 0.6 is 0 Å². The minimum Gasteiger partial charge on any atom is -0.478 e. The molecule has 0 aliphatic carbocycles. The summed E-state index contributed by atoms with van der Waals surface area (Å²) in [5.41, 5.74) is 3.63. The van der Waals surface area contributed by atoms with Crippen LogP contribution in [0.1, 0.15) is 20.7 Å². The maximum Gasteiger partial charge on any atom is 0.344 e. The molecular formula is C9H8N2O6. The Hall–Kier alpha value is -2.64. The zero-order chi connectivity index (χ0) is 13.2. The fourth-order valence-corrected chi connectivity index (χ4v) is 1.21. The highest BCUT2D eigenvalue weighted by molar-refractivity contribution is 6.00. The average Bonchev–Trinajstić information content (AvgIpc) is 2.26. The summed E-state index contributed by atoms with van der Waals surface area (Å²) in [5, 5.41) is 19.4. The van der Waals surface area contributed by atoms with Crippen molar-refractivity contribution in [3.63, 3.8) is 0 Å². The second-order valence-corrected chi connectivity index (χ2v) is 3.01. The first-order chi connectivity index (χ1) is 7.88. The molecule has 0 bridgehead atoms. The summed E-state index contributed by atoms with van der Waals surface area (Å²) in [5.74, 6) is -2.37. The van der Waals surface area contributed by atoms with Crippen molar-refractivity contribution in [1.29, 1.82) is 0 Å². The van der Waals surface area contributed by atoms with Crippen LogP contribution in [-0.2, 0) is 4.74 Å². The predicted molar refractivity (Wildman–Crippen MR) is 55.8 cm³/mol. The number of nitro benzene ring substituents is 1. The van der Waals surface area contributed by atoms with Gasteiger partial charge in [0.05, 0.1) is 17.6 Å². The quantitative estimate of drug-likeness (QED) is 0.343. The number of aromatic carboxylic acids is 1. The van der Waals surface area contributed by atoms with Crippen molar-refractivity contribution in [2.24, 2.45) is 0 Å². The third-order valence-electron chi connectivity index (χ3n) is 2.00. The zero-order valence-corrected chi connectivity index (χ0v) is 8.67. The first-order valence-corrected chi connectivity index (χ1v) is 4.28. The number of benzene rings is 1. The van der Waals surface area contributed by atoms with Crippen LogP contribution in [0.4, 0.5) is 11.4 Å². The van der Waals surface area contributed by atoms with Crippen LogP contribution < -0.4 is 5.73 Å². The maximum atomic E-state index is 11.2. The van der Waals surface area contributed by atoms with Crippen LogP contribution in [0.15, 0.2) is 12.1 Å². The summed E-state index contributed by atoms with van der Waals surface area (Å²) >= 11 is 0. The molecule has 1 aromatic carbocycles. The van der Waals surface area contributed by atoms with Gasteiger partial charge in [-0.25, -0.2) is 9.59 Å². The van der Waals surface area contributed by atoms with Gasteiger partial charge in [-0.1, -0.05) is 0 Å². The molecular weight excluding hydrogens is 232 g/mol. The number of hydrogen-bond donors (Lipinski definition) is 2. The molecule has 8 nitrogen and oxygen atoms in total. The van der Waals surface area contributed by atoms with E-state index in [0.29, 0.717) is 0 Å². The molecule has 1 rings (SSSR count). The lowest BCUT2D eigenvalue weighted by atomic mass is 10.1. The number of carboxylic acid groups (broad SMARTS) is 1. The van der Waals surface area contributed by atoms with E-state index in [9.17, 15) is 19.7 Å². The van der Waals surface area contributed by atoms with Gasteiger partial charge in [0, 0.05) is 11.8 Å². The van der Waals surface area contributed by atoms with E-state index in [0.717, 1.165) is 19.2 Å². The number of carbonyl (C=O) groups excluding carboxylic acids is 1. The minimum atomic E-state index is -1.41. The Labute approximate surface area is 94.7 Å². The molecule has 0 heterocycles. The third kappa shape index (κ3) is 2.30. The molecule has 0 atom stereocenters. The van der Waals surface area contributed by atoms with Gasteiger partial charge in [-0.2, -0.15) is 0 Å². The van der Waals surface area contributed by atoms with Gasteiger partial charge in [-0.3, -0.25) is 10.1 Å². The van der Waals surface area contributed by atoms with Crippen molar-refractivity contribution in [2.75, 3.05) is 12.8 Å². The molecule has 17 heavy (non-hydrogen) atoms. The number of hydrogen-bond acceptors (Lipinski definition) is 6. The number of anilines is 1. The Balaban J connectivity index is 3.52. The molecule has 0 aliphatic heterocycles. The summed E-state index contributed by atoms with van der Waals surface area (Å²) < 4.78 is 4.34. The molecule has 8 heteroatoms. The summed E-state index contributed by atoms with van der Waals surface area (Å²) in [6.07, 6.45) is 0. The number of nitrogen functional groups attached to an aromatic ring is 1. The monoisotopic (exact) mass is 240 g/mol. The number of nitrogens with zero attached hydrogens (tertiary/aromatic N) is 1. The topological polar surface area (TPSA) is 133 Å². The Morgan fingerprint density at radius 1 is 1.41 bits per heavy atom. The van der Waals surface area contributed by atoms with Crippen molar-refractivity contribution in [1.82, 2.24) is 0 Å². The Bertz CT molecular complexity index is 510. The Morgan fingerprint density at radius 3 is 2.41 bits per heavy atom. The van der Waals surface area contributed by atoms with Crippen LogP contribution in [0.25, 0.3) is 0 Å². The zero-order valence-electron chi connectivity index (χ0n) is 8.67. The smallest absolute Gasteiger partial charge is 0.344 e. The average molecular weight is 240 g/mol. The van der Waals surface area contributed by atoms with Gasteiger partial charge in [0.25, 0.3) is 5.69 Å². The van der Waals surface area contributed by atoms with Crippen LogP contribution in [0.3, 0.4) is 0 Å². The number of nitrogens with two attached hydrogens (primary N) is 1. The van der Waals surface area contributed by atoms with E-state index in [1.54, 1.807) is 0 Å². The molecule has 0 fully saturated rings. The van der Waals surface area contributed by atoms with Crippen molar-refractivity contribution >= 4 is 23.3 Å². The number of rotatable bonds is 3.